The molecule has 1 saturated heterocycles. The summed E-state index contributed by atoms with van der Waals surface area (Å²) in [6, 6.07) is 0.152. The van der Waals surface area contributed by atoms with E-state index in [1.54, 1.807) is 4.31 Å². The van der Waals surface area contributed by atoms with Crippen molar-refractivity contribution in [3.63, 3.8) is 0 Å². The lowest BCUT2D eigenvalue weighted by atomic mass is 10.5. The summed E-state index contributed by atoms with van der Waals surface area (Å²) in [7, 11) is -2.98. The van der Waals surface area contributed by atoms with Gasteiger partial charge in [-0.15, -0.1) is 0 Å². The fourth-order valence-electron chi connectivity index (χ4n) is 1.51. The topological polar surface area (TPSA) is 46.6 Å². The lowest BCUT2D eigenvalue weighted by Crippen LogP contribution is -2.40. The number of morpholine rings is 1. The molecule has 0 radical (unpaired) electrons. The van der Waals surface area contributed by atoms with Crippen molar-refractivity contribution >= 4 is 10.0 Å². The van der Waals surface area contributed by atoms with Gasteiger partial charge in [-0.1, -0.05) is 0 Å². The summed E-state index contributed by atoms with van der Waals surface area (Å²) >= 11 is 0. The largest absolute Gasteiger partial charge is 0.375 e. The molecule has 1 saturated carbocycles. The maximum absolute atomic E-state index is 11.1. The Morgan fingerprint density at radius 2 is 2.27 bits per heavy atom. The highest BCUT2D eigenvalue weighted by Gasteiger charge is 2.49. The van der Waals surface area contributed by atoms with Crippen LogP contribution in [-0.4, -0.2) is 44.3 Å². The third-order valence-electron chi connectivity index (χ3n) is 2.14. The van der Waals surface area contributed by atoms with E-state index in [1.165, 1.54) is 6.26 Å². The molecule has 5 heteroatoms. The van der Waals surface area contributed by atoms with Crippen LogP contribution in [0.25, 0.3) is 0 Å². The van der Waals surface area contributed by atoms with Gasteiger partial charge in [0.2, 0.25) is 10.0 Å². The molecule has 1 aliphatic carbocycles. The van der Waals surface area contributed by atoms with Gasteiger partial charge in [0.1, 0.15) is 0 Å². The zero-order valence-corrected chi connectivity index (χ0v) is 7.17. The molecule has 2 unspecified atom stereocenters. The van der Waals surface area contributed by atoms with Gasteiger partial charge in [0.25, 0.3) is 0 Å². The molecule has 1 aliphatic heterocycles. The number of ether oxygens (including phenoxy) is 1. The molecule has 2 atom stereocenters. The molecular weight excluding hydrogens is 166 g/mol. The lowest BCUT2D eigenvalue weighted by Gasteiger charge is -2.23. The van der Waals surface area contributed by atoms with E-state index < -0.39 is 10.0 Å². The second-order valence-electron chi connectivity index (χ2n) is 3.09. The molecule has 1 heterocycles. The van der Waals surface area contributed by atoms with E-state index in [9.17, 15) is 8.42 Å². The first-order valence-electron chi connectivity index (χ1n) is 3.67. The summed E-state index contributed by atoms with van der Waals surface area (Å²) in [5.74, 6) is 0. The number of sulfonamides is 1. The molecule has 64 valence electrons. The van der Waals surface area contributed by atoms with E-state index in [0.29, 0.717) is 13.2 Å². The molecule has 0 spiro atoms. The summed E-state index contributed by atoms with van der Waals surface area (Å²) < 4.78 is 29.0. The van der Waals surface area contributed by atoms with Crippen molar-refractivity contribution < 1.29 is 13.2 Å². The van der Waals surface area contributed by atoms with Crippen LogP contribution < -0.4 is 0 Å². The van der Waals surface area contributed by atoms with Gasteiger partial charge >= 0.3 is 0 Å². The van der Waals surface area contributed by atoms with Crippen LogP contribution in [0, 0.1) is 0 Å². The first kappa shape index (κ1) is 7.52. The van der Waals surface area contributed by atoms with Crippen LogP contribution in [-0.2, 0) is 14.8 Å². The number of rotatable bonds is 1. The molecule has 0 aromatic carbocycles. The highest BCUT2D eigenvalue weighted by atomic mass is 32.2. The average molecular weight is 177 g/mol. The van der Waals surface area contributed by atoms with Crippen molar-refractivity contribution in [3.8, 4) is 0 Å². The van der Waals surface area contributed by atoms with Gasteiger partial charge < -0.3 is 4.74 Å². The van der Waals surface area contributed by atoms with E-state index in [2.05, 4.69) is 0 Å². The highest BCUT2D eigenvalue weighted by Crippen LogP contribution is 2.35. The Hall–Kier alpha value is -0.130. The Kier molecular flexibility index (Phi) is 1.49. The standard InChI is InChI=1S/C6H11NO3S/c1-11(8,9)7-2-3-10-6-4-5(6)7/h5-6H,2-4H2,1H3. The maximum Gasteiger partial charge on any atom is 0.211 e. The number of hydrogen-bond donors (Lipinski definition) is 0. The predicted octanol–water partition coefficient (Wildman–Crippen LogP) is -0.581. The van der Waals surface area contributed by atoms with Crippen LogP contribution in [0.5, 0.6) is 0 Å². The maximum atomic E-state index is 11.1. The van der Waals surface area contributed by atoms with Gasteiger partial charge in [-0.3, -0.25) is 0 Å². The van der Waals surface area contributed by atoms with E-state index in [4.69, 9.17) is 4.74 Å². The van der Waals surface area contributed by atoms with Crippen LogP contribution in [0.15, 0.2) is 0 Å². The fourth-order valence-corrected chi connectivity index (χ4v) is 2.63. The van der Waals surface area contributed by atoms with Gasteiger partial charge in [0, 0.05) is 6.54 Å². The van der Waals surface area contributed by atoms with Gasteiger partial charge in [-0.05, 0) is 6.42 Å². The first-order chi connectivity index (χ1) is 5.09. The first-order valence-corrected chi connectivity index (χ1v) is 5.52. The minimum atomic E-state index is -2.98. The van der Waals surface area contributed by atoms with Gasteiger partial charge in [0.05, 0.1) is 25.0 Å². The minimum absolute atomic E-state index is 0.152. The molecule has 0 aromatic rings. The van der Waals surface area contributed by atoms with Crippen LogP contribution in [0.3, 0.4) is 0 Å². The van der Waals surface area contributed by atoms with Crippen molar-refractivity contribution in [1.82, 2.24) is 4.31 Å². The Morgan fingerprint density at radius 1 is 1.55 bits per heavy atom. The van der Waals surface area contributed by atoms with Crippen molar-refractivity contribution in [2.24, 2.45) is 0 Å². The van der Waals surface area contributed by atoms with E-state index in [-0.39, 0.29) is 12.1 Å². The SMILES string of the molecule is CS(=O)(=O)N1CCOC2CC21. The van der Waals surface area contributed by atoms with Gasteiger partial charge in [0.15, 0.2) is 0 Å². The van der Waals surface area contributed by atoms with E-state index >= 15 is 0 Å². The molecule has 0 aromatic heterocycles. The quantitative estimate of drug-likeness (QED) is 0.538. The van der Waals surface area contributed by atoms with E-state index in [1.807, 2.05) is 0 Å². The molecule has 2 fully saturated rings. The summed E-state index contributed by atoms with van der Waals surface area (Å²) in [5.41, 5.74) is 0. The minimum Gasteiger partial charge on any atom is -0.375 e. The highest BCUT2D eigenvalue weighted by molar-refractivity contribution is 7.88. The van der Waals surface area contributed by atoms with Crippen molar-refractivity contribution in [3.05, 3.63) is 0 Å². The zero-order chi connectivity index (χ0) is 8.06. The van der Waals surface area contributed by atoms with Crippen LogP contribution in [0.4, 0.5) is 0 Å². The van der Waals surface area contributed by atoms with E-state index in [0.717, 1.165) is 6.42 Å². The normalized spacial score (nSPS) is 38.3. The summed E-state index contributed by atoms with van der Waals surface area (Å²) in [6.45, 7) is 1.08. The van der Waals surface area contributed by atoms with Crippen molar-refractivity contribution in [1.29, 1.82) is 0 Å². The molecular formula is C6H11NO3S. The van der Waals surface area contributed by atoms with Crippen molar-refractivity contribution in [2.45, 2.75) is 18.6 Å². The van der Waals surface area contributed by atoms with Crippen molar-refractivity contribution in [2.75, 3.05) is 19.4 Å². The molecule has 2 rings (SSSR count). The summed E-state index contributed by atoms with van der Waals surface area (Å²) in [4.78, 5) is 0. The Bertz CT molecular complexity index is 261. The average Bonchev–Trinajstić information content (AvgIpc) is 2.60. The Morgan fingerprint density at radius 3 is 2.82 bits per heavy atom. The third kappa shape index (κ3) is 1.28. The molecule has 0 amide bonds. The molecule has 11 heavy (non-hydrogen) atoms. The number of hydrogen-bond acceptors (Lipinski definition) is 3. The molecule has 0 N–H and O–H groups in total. The Labute approximate surface area is 66.2 Å². The lowest BCUT2D eigenvalue weighted by molar-refractivity contribution is 0.0626. The fraction of sp³-hybridized carbons (Fsp3) is 1.00. The van der Waals surface area contributed by atoms with Crippen LogP contribution >= 0.6 is 0 Å². The summed E-state index contributed by atoms with van der Waals surface area (Å²) in [5, 5.41) is 0. The zero-order valence-electron chi connectivity index (χ0n) is 6.36. The monoisotopic (exact) mass is 177 g/mol. The molecule has 2 aliphatic rings. The number of nitrogens with zero attached hydrogens (tertiary/aromatic N) is 1. The van der Waals surface area contributed by atoms with Crippen LogP contribution in [0.2, 0.25) is 0 Å². The second kappa shape index (κ2) is 2.18. The third-order valence-corrected chi connectivity index (χ3v) is 3.44. The smallest absolute Gasteiger partial charge is 0.211 e. The molecule has 0 bridgehead atoms. The van der Waals surface area contributed by atoms with Gasteiger partial charge in [-0.2, -0.15) is 4.31 Å². The Balaban J connectivity index is 2.15. The predicted molar refractivity (Wildman–Crippen MR) is 39.7 cm³/mol. The van der Waals surface area contributed by atoms with Crippen LogP contribution in [0.1, 0.15) is 6.42 Å². The summed E-state index contributed by atoms with van der Waals surface area (Å²) in [6.07, 6.45) is 2.33. The second-order valence-corrected chi connectivity index (χ2v) is 5.02. The van der Waals surface area contributed by atoms with Gasteiger partial charge in [-0.25, -0.2) is 8.42 Å². The number of fused-ring (bicyclic) bond motifs is 1. The molecule has 4 nitrogen and oxygen atoms in total.